The highest BCUT2D eigenvalue weighted by atomic mass is 32.1. The molecule has 1 aromatic carbocycles. The number of benzene rings is 1. The third-order valence-corrected chi connectivity index (χ3v) is 4.62. The smallest absolute Gasteiger partial charge is 0.241 e. The highest BCUT2D eigenvalue weighted by Gasteiger charge is 2.27. The predicted molar refractivity (Wildman–Crippen MR) is 94.8 cm³/mol. The zero-order valence-electron chi connectivity index (χ0n) is 13.6. The summed E-state index contributed by atoms with van der Waals surface area (Å²) in [4.78, 5) is 18.7. The summed E-state index contributed by atoms with van der Waals surface area (Å²) in [5.74, 6) is -0.0977. The number of hydrogen-bond acceptors (Lipinski definition) is 6. The molecule has 2 atom stereocenters. The summed E-state index contributed by atoms with van der Waals surface area (Å²) in [7, 11) is 2.05. The van der Waals surface area contributed by atoms with Crippen molar-refractivity contribution in [3.05, 3.63) is 46.4 Å². The van der Waals surface area contributed by atoms with E-state index < -0.39 is 6.10 Å². The number of aromatic nitrogens is 1. The van der Waals surface area contributed by atoms with Crippen molar-refractivity contribution in [1.29, 1.82) is 0 Å². The van der Waals surface area contributed by atoms with Gasteiger partial charge in [-0.25, -0.2) is 4.98 Å². The zero-order chi connectivity index (χ0) is 16.9. The van der Waals surface area contributed by atoms with Crippen molar-refractivity contribution in [2.24, 2.45) is 0 Å². The largest absolute Gasteiger partial charge is 0.392 e. The van der Waals surface area contributed by atoms with E-state index in [0.29, 0.717) is 13.0 Å². The van der Waals surface area contributed by atoms with E-state index in [1.165, 1.54) is 0 Å². The maximum absolute atomic E-state index is 12.2. The second kappa shape index (κ2) is 7.85. The molecule has 24 heavy (non-hydrogen) atoms. The molecule has 0 aliphatic carbocycles. The Morgan fingerprint density at radius 3 is 3.08 bits per heavy atom. The van der Waals surface area contributed by atoms with Gasteiger partial charge >= 0.3 is 0 Å². The van der Waals surface area contributed by atoms with Crippen LogP contribution in [-0.2, 0) is 17.9 Å². The third kappa shape index (κ3) is 4.61. The number of thiazole rings is 1. The van der Waals surface area contributed by atoms with Crippen LogP contribution in [-0.4, -0.2) is 46.6 Å². The lowest BCUT2D eigenvalue weighted by Gasteiger charge is -2.16. The third-order valence-electron chi connectivity index (χ3n) is 3.99. The van der Waals surface area contributed by atoms with Gasteiger partial charge in [-0.3, -0.25) is 9.69 Å². The van der Waals surface area contributed by atoms with Gasteiger partial charge in [0.25, 0.3) is 0 Å². The first kappa shape index (κ1) is 17.0. The molecule has 0 spiro atoms. The van der Waals surface area contributed by atoms with E-state index in [9.17, 15) is 9.90 Å². The first-order valence-corrected chi connectivity index (χ1v) is 8.91. The zero-order valence-corrected chi connectivity index (χ0v) is 14.4. The van der Waals surface area contributed by atoms with E-state index in [-0.39, 0.29) is 11.9 Å². The molecule has 128 valence electrons. The van der Waals surface area contributed by atoms with Gasteiger partial charge in [0, 0.05) is 30.7 Å². The number of carbonyl (C=O) groups is 1. The molecule has 0 radical (unpaired) electrons. The second-order valence-corrected chi connectivity index (χ2v) is 6.91. The fraction of sp³-hybridized carbons (Fsp3) is 0.412. The van der Waals surface area contributed by atoms with Gasteiger partial charge in [-0.15, -0.1) is 11.3 Å². The van der Waals surface area contributed by atoms with E-state index in [1.54, 1.807) is 11.3 Å². The molecule has 1 aliphatic rings. The van der Waals surface area contributed by atoms with Gasteiger partial charge in [-0.05, 0) is 31.2 Å². The van der Waals surface area contributed by atoms with Crippen molar-refractivity contribution in [3.8, 4) is 0 Å². The molecule has 1 saturated heterocycles. The topological polar surface area (TPSA) is 77.5 Å². The number of rotatable bonds is 6. The van der Waals surface area contributed by atoms with E-state index in [0.717, 1.165) is 30.0 Å². The highest BCUT2D eigenvalue weighted by molar-refractivity contribution is 7.07. The van der Waals surface area contributed by atoms with Gasteiger partial charge in [0.2, 0.25) is 5.91 Å². The number of aliphatic hydroxyl groups excluding tert-OH is 1. The predicted octanol–water partition coefficient (Wildman–Crippen LogP) is 1.44. The molecular formula is C17H22N4O2S. The standard InChI is InChI=1S/C17H22N4O2S/c1-21(9-14-10-24-11-19-14)8-12-3-2-4-13(5-12)20-17(23)16-6-15(22)7-18-16/h2-5,10-11,15-16,18,22H,6-9H2,1H3,(H,20,23). The molecule has 2 unspecified atom stereocenters. The van der Waals surface area contributed by atoms with Crippen LogP contribution in [0.5, 0.6) is 0 Å². The van der Waals surface area contributed by atoms with Gasteiger partial charge in [0.05, 0.1) is 23.4 Å². The molecular weight excluding hydrogens is 324 g/mol. The van der Waals surface area contributed by atoms with E-state index in [1.807, 2.05) is 29.8 Å². The molecule has 1 fully saturated rings. The van der Waals surface area contributed by atoms with Crippen molar-refractivity contribution in [2.75, 3.05) is 18.9 Å². The van der Waals surface area contributed by atoms with Gasteiger partial charge in [-0.2, -0.15) is 0 Å². The van der Waals surface area contributed by atoms with Crippen molar-refractivity contribution in [3.63, 3.8) is 0 Å². The summed E-state index contributed by atoms with van der Waals surface area (Å²) >= 11 is 1.60. The summed E-state index contributed by atoms with van der Waals surface area (Å²) in [5, 5.41) is 17.5. The number of β-amino-alcohol motifs (C(OH)–C–C–N with tert-alkyl or cyclic N) is 1. The monoisotopic (exact) mass is 346 g/mol. The maximum Gasteiger partial charge on any atom is 0.241 e. The number of aliphatic hydroxyl groups is 1. The van der Waals surface area contributed by atoms with E-state index >= 15 is 0 Å². The van der Waals surface area contributed by atoms with Crippen molar-refractivity contribution in [1.82, 2.24) is 15.2 Å². The Bertz CT molecular complexity index is 677. The quantitative estimate of drug-likeness (QED) is 0.738. The van der Waals surface area contributed by atoms with Gasteiger partial charge in [0.1, 0.15) is 0 Å². The number of nitrogens with zero attached hydrogens (tertiary/aromatic N) is 2. The summed E-state index contributed by atoms with van der Waals surface area (Å²) in [5.41, 5.74) is 4.82. The van der Waals surface area contributed by atoms with Gasteiger partial charge < -0.3 is 15.7 Å². The fourth-order valence-corrected chi connectivity index (χ4v) is 3.40. The minimum Gasteiger partial charge on any atom is -0.392 e. The highest BCUT2D eigenvalue weighted by Crippen LogP contribution is 2.15. The Morgan fingerprint density at radius 2 is 2.38 bits per heavy atom. The average molecular weight is 346 g/mol. The Morgan fingerprint density at radius 1 is 1.50 bits per heavy atom. The lowest BCUT2D eigenvalue weighted by atomic mass is 10.1. The van der Waals surface area contributed by atoms with Crippen LogP contribution in [0.3, 0.4) is 0 Å². The molecule has 6 nitrogen and oxygen atoms in total. The Kier molecular flexibility index (Phi) is 5.57. The van der Waals surface area contributed by atoms with Crippen LogP contribution >= 0.6 is 11.3 Å². The van der Waals surface area contributed by atoms with E-state index in [4.69, 9.17) is 0 Å². The normalized spacial score (nSPS) is 20.5. The number of anilines is 1. The second-order valence-electron chi connectivity index (χ2n) is 6.19. The van der Waals surface area contributed by atoms with Crippen molar-refractivity contribution >= 4 is 22.9 Å². The first-order chi connectivity index (χ1) is 11.6. The van der Waals surface area contributed by atoms with Crippen LogP contribution < -0.4 is 10.6 Å². The van der Waals surface area contributed by atoms with Crippen molar-refractivity contribution < 1.29 is 9.90 Å². The van der Waals surface area contributed by atoms with Crippen LogP contribution in [0, 0.1) is 0 Å². The number of hydrogen-bond donors (Lipinski definition) is 3. The van der Waals surface area contributed by atoms with E-state index in [2.05, 4.69) is 32.9 Å². The van der Waals surface area contributed by atoms with Gasteiger partial charge in [0.15, 0.2) is 0 Å². The van der Waals surface area contributed by atoms with Crippen LogP contribution in [0.2, 0.25) is 0 Å². The molecule has 2 aromatic rings. The molecule has 0 bridgehead atoms. The lowest BCUT2D eigenvalue weighted by molar-refractivity contribution is -0.117. The number of nitrogens with one attached hydrogen (secondary N) is 2. The van der Waals surface area contributed by atoms with Crippen LogP contribution in [0.25, 0.3) is 0 Å². The molecule has 1 aromatic heterocycles. The molecule has 7 heteroatoms. The Balaban J connectivity index is 1.56. The van der Waals surface area contributed by atoms with Crippen LogP contribution in [0.1, 0.15) is 17.7 Å². The summed E-state index contributed by atoms with van der Waals surface area (Å²) < 4.78 is 0. The Hall–Kier alpha value is -1.80. The van der Waals surface area contributed by atoms with Crippen molar-refractivity contribution in [2.45, 2.75) is 31.7 Å². The van der Waals surface area contributed by atoms with Crippen LogP contribution in [0.15, 0.2) is 35.2 Å². The lowest BCUT2D eigenvalue weighted by Crippen LogP contribution is -2.35. The average Bonchev–Trinajstić information content (AvgIpc) is 3.19. The van der Waals surface area contributed by atoms with Crippen LogP contribution in [0.4, 0.5) is 5.69 Å². The first-order valence-electron chi connectivity index (χ1n) is 7.97. The summed E-state index contributed by atoms with van der Waals surface area (Å²) in [6.07, 6.45) is 0.0217. The fourth-order valence-electron chi connectivity index (χ4n) is 2.85. The number of amides is 1. The molecule has 3 N–H and O–H groups in total. The summed E-state index contributed by atoms with van der Waals surface area (Å²) in [6, 6.07) is 7.54. The minimum atomic E-state index is -0.438. The molecule has 2 heterocycles. The Labute approximate surface area is 145 Å². The van der Waals surface area contributed by atoms with Gasteiger partial charge in [-0.1, -0.05) is 12.1 Å². The molecule has 1 aliphatic heterocycles. The molecule has 0 saturated carbocycles. The molecule has 3 rings (SSSR count). The SMILES string of the molecule is CN(Cc1cccc(NC(=O)C2CC(O)CN2)c1)Cc1cscn1. The minimum absolute atomic E-state index is 0.0977. The maximum atomic E-state index is 12.2. The molecule has 1 amide bonds. The summed E-state index contributed by atoms with van der Waals surface area (Å²) in [6.45, 7) is 2.05. The number of carbonyl (C=O) groups excluding carboxylic acids is 1.